The lowest BCUT2D eigenvalue weighted by Crippen LogP contribution is -2.10. The van der Waals surface area contributed by atoms with Gasteiger partial charge in [0.2, 0.25) is 5.95 Å². The van der Waals surface area contributed by atoms with E-state index in [9.17, 15) is 0 Å². The summed E-state index contributed by atoms with van der Waals surface area (Å²) >= 11 is 0. The molecule has 3 aromatic rings. The van der Waals surface area contributed by atoms with Gasteiger partial charge in [-0.2, -0.15) is 5.10 Å². The monoisotopic (exact) mass is 350 g/mol. The van der Waals surface area contributed by atoms with Crippen LogP contribution in [0.2, 0.25) is 0 Å². The molecule has 0 spiro atoms. The lowest BCUT2D eigenvalue weighted by atomic mass is 10.1. The molecule has 0 unspecified atom stereocenters. The first kappa shape index (κ1) is 17.7. The molecule has 1 heterocycles. The highest BCUT2D eigenvalue weighted by Crippen LogP contribution is 2.25. The van der Waals surface area contributed by atoms with Crippen LogP contribution in [0.1, 0.15) is 11.1 Å². The average molecular weight is 350 g/mol. The maximum atomic E-state index is 5.43. The number of nitrogens with one attached hydrogen (secondary N) is 1. The van der Waals surface area contributed by atoms with Crippen LogP contribution in [0.25, 0.3) is 11.3 Å². The molecule has 1 N–H and O–H groups in total. The molecule has 6 heteroatoms. The molecule has 2 aromatic carbocycles. The van der Waals surface area contributed by atoms with Gasteiger partial charge in [-0.15, -0.1) is 5.10 Å². The van der Waals surface area contributed by atoms with Gasteiger partial charge in [-0.25, -0.2) is 4.98 Å². The highest BCUT2D eigenvalue weighted by atomic mass is 16.5. The maximum Gasteiger partial charge on any atom is 0.243 e. The van der Waals surface area contributed by atoms with Gasteiger partial charge in [0.15, 0.2) is 0 Å². The zero-order chi connectivity index (χ0) is 18.4. The molecule has 0 fully saturated rings. The van der Waals surface area contributed by atoms with Crippen LogP contribution < -0.4 is 14.8 Å². The van der Waals surface area contributed by atoms with Crippen LogP contribution in [0.3, 0.4) is 0 Å². The summed E-state index contributed by atoms with van der Waals surface area (Å²) in [5.41, 5.74) is 4.11. The minimum absolute atomic E-state index is 0.512. The van der Waals surface area contributed by atoms with Crippen LogP contribution >= 0.6 is 0 Å². The molecule has 0 amide bonds. The molecule has 0 saturated carbocycles. The number of rotatable bonds is 7. The quantitative estimate of drug-likeness (QED) is 0.703. The number of hydrogen-bond donors (Lipinski definition) is 1. The topological polar surface area (TPSA) is 69.2 Å². The van der Waals surface area contributed by atoms with E-state index in [1.54, 1.807) is 20.4 Å². The largest absolute Gasteiger partial charge is 0.497 e. The van der Waals surface area contributed by atoms with Crippen molar-refractivity contribution in [1.82, 2.24) is 15.2 Å². The van der Waals surface area contributed by atoms with Gasteiger partial charge in [-0.3, -0.25) is 0 Å². The van der Waals surface area contributed by atoms with Crippen molar-refractivity contribution in [2.45, 2.75) is 13.3 Å². The van der Waals surface area contributed by atoms with Crippen molar-refractivity contribution >= 4 is 5.95 Å². The second-order valence-electron chi connectivity index (χ2n) is 5.83. The van der Waals surface area contributed by atoms with Crippen LogP contribution in [-0.2, 0) is 6.42 Å². The summed E-state index contributed by atoms with van der Waals surface area (Å²) in [6.45, 7) is 2.72. The highest BCUT2D eigenvalue weighted by molar-refractivity contribution is 5.63. The summed E-state index contributed by atoms with van der Waals surface area (Å²) in [6.07, 6.45) is 2.45. The second-order valence-corrected chi connectivity index (χ2v) is 5.83. The zero-order valence-electron chi connectivity index (χ0n) is 15.2. The fourth-order valence-corrected chi connectivity index (χ4v) is 2.74. The Hall–Kier alpha value is -3.15. The maximum absolute atomic E-state index is 5.43. The van der Waals surface area contributed by atoms with E-state index in [0.29, 0.717) is 12.5 Å². The van der Waals surface area contributed by atoms with Crippen molar-refractivity contribution in [3.8, 4) is 22.8 Å². The Bertz CT molecular complexity index is 883. The first-order valence-electron chi connectivity index (χ1n) is 8.41. The van der Waals surface area contributed by atoms with E-state index in [0.717, 1.165) is 40.3 Å². The van der Waals surface area contributed by atoms with E-state index in [1.807, 2.05) is 36.4 Å². The van der Waals surface area contributed by atoms with Gasteiger partial charge < -0.3 is 14.8 Å². The molecular formula is C20H22N4O2. The molecular weight excluding hydrogens is 328 g/mol. The molecule has 26 heavy (non-hydrogen) atoms. The number of aromatic nitrogens is 3. The van der Waals surface area contributed by atoms with E-state index in [4.69, 9.17) is 9.47 Å². The van der Waals surface area contributed by atoms with Crippen LogP contribution in [-0.4, -0.2) is 35.9 Å². The Balaban J connectivity index is 1.68. The molecule has 0 bridgehead atoms. The predicted octanol–water partition coefficient (Wildman–Crippen LogP) is 3.52. The van der Waals surface area contributed by atoms with Gasteiger partial charge in [-0.05, 0) is 30.5 Å². The number of benzene rings is 2. The van der Waals surface area contributed by atoms with Crippen LogP contribution in [0.5, 0.6) is 11.5 Å². The van der Waals surface area contributed by atoms with Crippen molar-refractivity contribution < 1.29 is 9.47 Å². The van der Waals surface area contributed by atoms with Crippen molar-refractivity contribution in [2.24, 2.45) is 0 Å². The molecule has 1 aromatic heterocycles. The van der Waals surface area contributed by atoms with E-state index >= 15 is 0 Å². The number of anilines is 1. The second kappa shape index (κ2) is 8.29. The van der Waals surface area contributed by atoms with Crippen LogP contribution in [0, 0.1) is 6.92 Å². The highest BCUT2D eigenvalue weighted by Gasteiger charge is 2.07. The number of hydrogen-bond acceptors (Lipinski definition) is 6. The van der Waals surface area contributed by atoms with Gasteiger partial charge in [0.25, 0.3) is 0 Å². The molecule has 0 radical (unpaired) electrons. The third-order valence-electron chi connectivity index (χ3n) is 4.15. The molecule has 0 saturated heterocycles. The summed E-state index contributed by atoms with van der Waals surface area (Å²) in [5.74, 6) is 2.09. The minimum atomic E-state index is 0.512. The summed E-state index contributed by atoms with van der Waals surface area (Å²) < 4.78 is 10.7. The molecule has 0 aliphatic heterocycles. The number of ether oxygens (including phenoxy) is 2. The Kier molecular flexibility index (Phi) is 5.63. The molecule has 3 rings (SSSR count). The summed E-state index contributed by atoms with van der Waals surface area (Å²) in [4.78, 5) is 4.57. The van der Waals surface area contributed by atoms with Gasteiger partial charge in [0.1, 0.15) is 11.5 Å². The molecule has 6 nitrogen and oxygen atoms in total. The lowest BCUT2D eigenvalue weighted by Gasteiger charge is -2.11. The smallest absolute Gasteiger partial charge is 0.243 e. The zero-order valence-corrected chi connectivity index (χ0v) is 15.2. The third kappa shape index (κ3) is 4.08. The van der Waals surface area contributed by atoms with Crippen molar-refractivity contribution in [3.63, 3.8) is 0 Å². The van der Waals surface area contributed by atoms with E-state index in [1.165, 1.54) is 0 Å². The van der Waals surface area contributed by atoms with Crippen LogP contribution in [0.15, 0.2) is 48.7 Å². The standard InChI is InChI=1S/C20H22N4O2/c1-14-6-4-5-7-17(14)18-13-22-24-20(23-18)21-11-10-15-8-9-16(25-2)12-19(15)26-3/h4-9,12-13H,10-11H2,1-3H3,(H,21,23,24). The number of methoxy groups -OCH3 is 2. The average Bonchev–Trinajstić information content (AvgIpc) is 2.68. The van der Waals surface area contributed by atoms with Crippen molar-refractivity contribution in [1.29, 1.82) is 0 Å². The summed E-state index contributed by atoms with van der Waals surface area (Å²) in [5, 5.41) is 11.4. The van der Waals surface area contributed by atoms with E-state index < -0.39 is 0 Å². The van der Waals surface area contributed by atoms with E-state index in [2.05, 4.69) is 33.5 Å². The Morgan fingerprint density at radius 2 is 1.88 bits per heavy atom. The Morgan fingerprint density at radius 3 is 2.65 bits per heavy atom. The van der Waals surface area contributed by atoms with Crippen LogP contribution in [0.4, 0.5) is 5.95 Å². The molecule has 0 aliphatic carbocycles. The molecule has 134 valence electrons. The van der Waals surface area contributed by atoms with E-state index in [-0.39, 0.29) is 0 Å². The predicted molar refractivity (Wildman–Crippen MR) is 102 cm³/mol. The Morgan fingerprint density at radius 1 is 1.04 bits per heavy atom. The van der Waals surface area contributed by atoms with Crippen molar-refractivity contribution in [2.75, 3.05) is 26.1 Å². The SMILES string of the molecule is COc1ccc(CCNc2nncc(-c3ccccc3C)n2)c(OC)c1. The van der Waals surface area contributed by atoms with Gasteiger partial charge in [0.05, 0.1) is 26.1 Å². The number of nitrogens with zero attached hydrogens (tertiary/aromatic N) is 3. The normalized spacial score (nSPS) is 10.4. The first-order chi connectivity index (χ1) is 12.7. The lowest BCUT2D eigenvalue weighted by molar-refractivity contribution is 0.391. The first-order valence-corrected chi connectivity index (χ1v) is 8.41. The van der Waals surface area contributed by atoms with Crippen molar-refractivity contribution in [3.05, 3.63) is 59.8 Å². The Labute approximate surface area is 153 Å². The fraction of sp³-hybridized carbons (Fsp3) is 0.250. The van der Waals surface area contributed by atoms with Gasteiger partial charge in [0, 0.05) is 18.2 Å². The summed E-state index contributed by atoms with van der Waals surface area (Å²) in [6, 6.07) is 13.9. The minimum Gasteiger partial charge on any atom is -0.497 e. The fourth-order valence-electron chi connectivity index (χ4n) is 2.74. The third-order valence-corrected chi connectivity index (χ3v) is 4.15. The van der Waals surface area contributed by atoms with Gasteiger partial charge in [-0.1, -0.05) is 30.3 Å². The molecule has 0 aliphatic rings. The number of aryl methyl sites for hydroxylation is 1. The van der Waals surface area contributed by atoms with Gasteiger partial charge >= 0.3 is 0 Å². The summed E-state index contributed by atoms with van der Waals surface area (Å²) in [7, 11) is 3.30. The molecule has 0 atom stereocenters.